The van der Waals surface area contributed by atoms with Crippen LogP contribution in [0.2, 0.25) is 0 Å². The maximum atomic E-state index is 13.1. The van der Waals surface area contributed by atoms with E-state index in [2.05, 4.69) is 25.8 Å². The van der Waals surface area contributed by atoms with Crippen molar-refractivity contribution in [3.63, 3.8) is 0 Å². The molecule has 0 saturated heterocycles. The van der Waals surface area contributed by atoms with E-state index in [0.29, 0.717) is 5.69 Å². The number of alkyl halides is 1. The molecular weight excluding hydrogens is 303 g/mol. The molecule has 18 heavy (non-hydrogen) atoms. The molecule has 0 unspecified atom stereocenters. The van der Waals surface area contributed by atoms with E-state index < -0.39 is 12.6 Å². The zero-order valence-electron chi connectivity index (χ0n) is 9.56. The molecule has 0 fully saturated rings. The van der Waals surface area contributed by atoms with Crippen LogP contribution in [0.4, 0.5) is 4.39 Å². The maximum absolute atomic E-state index is 13.1. The first-order chi connectivity index (χ1) is 8.67. The molecular formula is C12H10BrFN2O2. The molecule has 0 aliphatic rings. The summed E-state index contributed by atoms with van der Waals surface area (Å²) in [6, 6.07) is 7.18. The standard InChI is InChI=1S/C12H10BrFN2O2/c1-18-12(17)10-7-15-16(11(10)6-14)9-4-2-8(13)3-5-9/h2-5,7H,6H2,1H3. The third kappa shape index (κ3) is 2.28. The zero-order chi connectivity index (χ0) is 13.1. The lowest BCUT2D eigenvalue weighted by molar-refractivity contribution is 0.0598. The lowest BCUT2D eigenvalue weighted by atomic mass is 10.2. The first-order valence-electron chi connectivity index (χ1n) is 5.14. The van der Waals surface area contributed by atoms with Gasteiger partial charge < -0.3 is 4.74 Å². The van der Waals surface area contributed by atoms with E-state index in [1.54, 1.807) is 12.1 Å². The fourth-order valence-corrected chi connectivity index (χ4v) is 1.85. The van der Waals surface area contributed by atoms with Crippen LogP contribution in [0.5, 0.6) is 0 Å². The van der Waals surface area contributed by atoms with Gasteiger partial charge in [0.2, 0.25) is 0 Å². The first kappa shape index (κ1) is 12.8. The fourth-order valence-electron chi connectivity index (χ4n) is 1.59. The smallest absolute Gasteiger partial charge is 0.341 e. The third-order valence-corrected chi connectivity index (χ3v) is 3.00. The quantitative estimate of drug-likeness (QED) is 0.819. The van der Waals surface area contributed by atoms with Crippen LogP contribution < -0.4 is 0 Å². The molecule has 0 saturated carbocycles. The minimum absolute atomic E-state index is 0.142. The summed E-state index contributed by atoms with van der Waals surface area (Å²) in [4.78, 5) is 11.4. The van der Waals surface area contributed by atoms with Crippen molar-refractivity contribution in [1.82, 2.24) is 9.78 Å². The van der Waals surface area contributed by atoms with Gasteiger partial charge in [0.1, 0.15) is 12.2 Å². The van der Waals surface area contributed by atoms with Gasteiger partial charge in [0.15, 0.2) is 0 Å². The molecule has 1 aromatic carbocycles. The van der Waals surface area contributed by atoms with Crippen LogP contribution in [0.3, 0.4) is 0 Å². The number of hydrogen-bond acceptors (Lipinski definition) is 3. The van der Waals surface area contributed by atoms with Gasteiger partial charge in [-0.25, -0.2) is 13.9 Å². The van der Waals surface area contributed by atoms with E-state index in [4.69, 9.17) is 0 Å². The number of carbonyl (C=O) groups excluding carboxylic acids is 1. The Morgan fingerprint density at radius 3 is 2.67 bits per heavy atom. The maximum Gasteiger partial charge on any atom is 0.341 e. The Morgan fingerprint density at radius 2 is 2.11 bits per heavy atom. The zero-order valence-corrected chi connectivity index (χ0v) is 11.1. The summed E-state index contributed by atoms with van der Waals surface area (Å²) in [6.07, 6.45) is 1.31. The molecule has 1 aromatic heterocycles. The van der Waals surface area contributed by atoms with Crippen LogP contribution in [-0.4, -0.2) is 22.9 Å². The van der Waals surface area contributed by atoms with Crippen LogP contribution in [0.25, 0.3) is 5.69 Å². The van der Waals surface area contributed by atoms with Gasteiger partial charge in [-0.05, 0) is 24.3 Å². The van der Waals surface area contributed by atoms with E-state index >= 15 is 0 Å². The number of methoxy groups -OCH3 is 1. The molecule has 0 bridgehead atoms. The van der Waals surface area contributed by atoms with Crippen molar-refractivity contribution in [1.29, 1.82) is 0 Å². The summed E-state index contributed by atoms with van der Waals surface area (Å²) in [6.45, 7) is -0.791. The number of esters is 1. The summed E-state index contributed by atoms with van der Waals surface area (Å²) in [7, 11) is 1.25. The van der Waals surface area contributed by atoms with Gasteiger partial charge >= 0.3 is 5.97 Å². The van der Waals surface area contributed by atoms with Crippen molar-refractivity contribution in [2.24, 2.45) is 0 Å². The third-order valence-electron chi connectivity index (χ3n) is 2.47. The molecule has 0 spiro atoms. The minimum Gasteiger partial charge on any atom is -0.465 e. The number of halogens is 2. The van der Waals surface area contributed by atoms with E-state index in [1.807, 2.05) is 12.1 Å². The summed E-state index contributed by atoms with van der Waals surface area (Å²) < 4.78 is 19.9. The number of rotatable bonds is 3. The molecule has 0 N–H and O–H groups in total. The Morgan fingerprint density at radius 1 is 1.44 bits per heavy atom. The predicted octanol–water partition coefficient (Wildman–Crippen LogP) is 2.89. The van der Waals surface area contributed by atoms with Crippen molar-refractivity contribution in [2.45, 2.75) is 6.67 Å². The molecule has 0 aliphatic heterocycles. The highest BCUT2D eigenvalue weighted by molar-refractivity contribution is 9.10. The van der Waals surface area contributed by atoms with Crippen LogP contribution in [0.1, 0.15) is 16.1 Å². The molecule has 2 rings (SSSR count). The van der Waals surface area contributed by atoms with Crippen molar-refractivity contribution >= 4 is 21.9 Å². The van der Waals surface area contributed by atoms with Crippen molar-refractivity contribution in [3.05, 3.63) is 46.2 Å². The highest BCUT2D eigenvalue weighted by atomic mass is 79.9. The van der Waals surface area contributed by atoms with Crippen LogP contribution in [0, 0.1) is 0 Å². The van der Waals surface area contributed by atoms with Crippen molar-refractivity contribution in [3.8, 4) is 5.69 Å². The van der Waals surface area contributed by atoms with Crippen LogP contribution >= 0.6 is 15.9 Å². The largest absolute Gasteiger partial charge is 0.465 e. The van der Waals surface area contributed by atoms with Crippen molar-refractivity contribution < 1.29 is 13.9 Å². The lowest BCUT2D eigenvalue weighted by Gasteiger charge is -2.06. The Bertz CT molecular complexity index is 566. The second-order valence-electron chi connectivity index (χ2n) is 3.52. The SMILES string of the molecule is COC(=O)c1cnn(-c2ccc(Br)cc2)c1CF. The normalized spacial score (nSPS) is 10.4. The lowest BCUT2D eigenvalue weighted by Crippen LogP contribution is -2.07. The molecule has 0 atom stereocenters. The van der Waals surface area contributed by atoms with Crippen LogP contribution in [0.15, 0.2) is 34.9 Å². The molecule has 94 valence electrons. The number of carbonyl (C=O) groups is 1. The minimum atomic E-state index is -0.791. The monoisotopic (exact) mass is 312 g/mol. The van der Waals surface area contributed by atoms with E-state index in [9.17, 15) is 9.18 Å². The number of ether oxygens (including phenoxy) is 1. The van der Waals surface area contributed by atoms with Gasteiger partial charge in [-0.2, -0.15) is 5.10 Å². The second kappa shape index (κ2) is 5.30. The Hall–Kier alpha value is -1.69. The topological polar surface area (TPSA) is 44.1 Å². The fraction of sp³-hybridized carbons (Fsp3) is 0.167. The summed E-state index contributed by atoms with van der Waals surface area (Å²) >= 11 is 3.32. The molecule has 4 nitrogen and oxygen atoms in total. The Balaban J connectivity index is 2.48. The average molecular weight is 313 g/mol. The number of hydrogen-bond donors (Lipinski definition) is 0. The van der Waals surface area contributed by atoms with Gasteiger partial charge in [0, 0.05) is 4.47 Å². The summed E-state index contributed by atoms with van der Waals surface area (Å²) in [5, 5.41) is 4.02. The van der Waals surface area contributed by atoms with Gasteiger partial charge in [0.25, 0.3) is 0 Å². The van der Waals surface area contributed by atoms with Gasteiger partial charge in [-0.15, -0.1) is 0 Å². The molecule has 0 radical (unpaired) electrons. The number of benzene rings is 1. The van der Waals surface area contributed by atoms with E-state index in [-0.39, 0.29) is 11.3 Å². The van der Waals surface area contributed by atoms with E-state index in [1.165, 1.54) is 18.0 Å². The Kier molecular flexibility index (Phi) is 3.76. The summed E-state index contributed by atoms with van der Waals surface area (Å²) in [5.74, 6) is -0.592. The molecule has 1 heterocycles. The Labute approximate surface area is 111 Å². The van der Waals surface area contributed by atoms with E-state index in [0.717, 1.165) is 4.47 Å². The van der Waals surface area contributed by atoms with Crippen molar-refractivity contribution in [2.75, 3.05) is 7.11 Å². The average Bonchev–Trinajstić information content (AvgIpc) is 2.82. The number of aromatic nitrogens is 2. The number of nitrogens with zero attached hydrogens (tertiary/aromatic N) is 2. The predicted molar refractivity (Wildman–Crippen MR) is 67.4 cm³/mol. The van der Waals surface area contributed by atoms with Gasteiger partial charge in [-0.3, -0.25) is 0 Å². The molecule has 6 heteroatoms. The summed E-state index contributed by atoms with van der Waals surface area (Å²) in [5.41, 5.74) is 1.01. The van der Waals surface area contributed by atoms with Gasteiger partial charge in [-0.1, -0.05) is 15.9 Å². The molecule has 2 aromatic rings. The highest BCUT2D eigenvalue weighted by Gasteiger charge is 2.18. The van der Waals surface area contributed by atoms with Gasteiger partial charge in [0.05, 0.1) is 24.7 Å². The highest BCUT2D eigenvalue weighted by Crippen LogP contribution is 2.19. The molecule has 0 amide bonds. The molecule has 0 aliphatic carbocycles. The van der Waals surface area contributed by atoms with Crippen LogP contribution in [-0.2, 0) is 11.4 Å². The first-order valence-corrected chi connectivity index (χ1v) is 5.93. The second-order valence-corrected chi connectivity index (χ2v) is 4.43.